The van der Waals surface area contributed by atoms with Crippen molar-refractivity contribution in [3.63, 3.8) is 0 Å². The molecule has 2 heterocycles. The first-order chi connectivity index (χ1) is 9.78. The number of hydrogen-bond donors (Lipinski definition) is 1. The number of aliphatic hydroxyl groups excluding tert-OH is 1. The maximum absolute atomic E-state index is 12.4. The van der Waals surface area contributed by atoms with E-state index < -0.39 is 0 Å². The topological polar surface area (TPSA) is 62.9 Å². The molecule has 1 aromatic heterocycles. The van der Waals surface area contributed by atoms with Crippen LogP contribution in [0.15, 0.2) is 34.9 Å². The molecule has 3 rings (SSSR count). The molecule has 5 nitrogen and oxygen atoms in total. The largest absolute Gasteiger partial charge is 0.464 e. The molecule has 5 heteroatoms. The van der Waals surface area contributed by atoms with Gasteiger partial charge in [-0.1, -0.05) is 18.2 Å². The first kappa shape index (κ1) is 13.3. The highest BCUT2D eigenvalue weighted by Crippen LogP contribution is 2.21. The number of rotatable bonds is 4. The quantitative estimate of drug-likeness (QED) is 0.852. The number of ketones is 1. The summed E-state index contributed by atoms with van der Waals surface area (Å²) in [6, 6.07) is 7.52. The minimum Gasteiger partial charge on any atom is -0.464 e. The third kappa shape index (κ3) is 2.60. The van der Waals surface area contributed by atoms with Gasteiger partial charge in [-0.05, 0) is 6.07 Å². The van der Waals surface area contributed by atoms with E-state index in [0.29, 0.717) is 31.8 Å². The van der Waals surface area contributed by atoms with Crippen molar-refractivity contribution in [1.82, 2.24) is 4.90 Å². The van der Waals surface area contributed by atoms with E-state index in [9.17, 15) is 4.79 Å². The summed E-state index contributed by atoms with van der Waals surface area (Å²) in [5.41, 5.74) is 1.35. The molecule has 0 bridgehead atoms. The minimum atomic E-state index is -0.197. The van der Waals surface area contributed by atoms with Crippen LogP contribution in [0.25, 0.3) is 11.0 Å². The number of para-hydroxylation sites is 1. The zero-order valence-electron chi connectivity index (χ0n) is 11.1. The SMILES string of the molecule is O=C(CN1CCOC(CO)C1)c1coc2ccccc12. The molecule has 0 saturated carbocycles. The number of fused-ring (bicyclic) bond motifs is 1. The summed E-state index contributed by atoms with van der Waals surface area (Å²) in [6.07, 6.45) is 1.33. The van der Waals surface area contributed by atoms with Crippen LogP contribution in [-0.4, -0.2) is 54.7 Å². The molecule has 1 unspecified atom stereocenters. The van der Waals surface area contributed by atoms with Crippen LogP contribution in [0.3, 0.4) is 0 Å². The van der Waals surface area contributed by atoms with Crippen LogP contribution in [-0.2, 0) is 4.74 Å². The Morgan fingerprint density at radius 2 is 2.25 bits per heavy atom. The van der Waals surface area contributed by atoms with Crippen molar-refractivity contribution in [2.24, 2.45) is 0 Å². The van der Waals surface area contributed by atoms with Gasteiger partial charge in [-0.3, -0.25) is 9.69 Å². The zero-order valence-corrected chi connectivity index (χ0v) is 11.1. The van der Waals surface area contributed by atoms with Gasteiger partial charge in [-0.15, -0.1) is 0 Å². The second-order valence-electron chi connectivity index (χ2n) is 4.98. The number of aliphatic hydroxyl groups is 1. The van der Waals surface area contributed by atoms with Crippen molar-refractivity contribution >= 4 is 16.8 Å². The molecule has 1 aliphatic heterocycles. The molecule has 0 radical (unpaired) electrons. The molecule has 0 spiro atoms. The first-order valence-corrected chi connectivity index (χ1v) is 6.72. The predicted octanol–water partition coefficient (Wildman–Crippen LogP) is 1.31. The van der Waals surface area contributed by atoms with Gasteiger partial charge in [0.05, 0.1) is 31.4 Å². The molecule has 2 aromatic rings. The molecule has 0 aliphatic carbocycles. The number of furan rings is 1. The highest BCUT2D eigenvalue weighted by molar-refractivity contribution is 6.08. The van der Waals surface area contributed by atoms with E-state index in [-0.39, 0.29) is 18.5 Å². The van der Waals surface area contributed by atoms with Crippen molar-refractivity contribution < 1.29 is 19.1 Å². The maximum Gasteiger partial charge on any atom is 0.180 e. The van der Waals surface area contributed by atoms with Gasteiger partial charge in [0.25, 0.3) is 0 Å². The Hall–Kier alpha value is -1.69. The first-order valence-electron chi connectivity index (χ1n) is 6.72. The van der Waals surface area contributed by atoms with Gasteiger partial charge in [0.1, 0.15) is 11.8 Å². The third-order valence-corrected chi connectivity index (χ3v) is 3.58. The van der Waals surface area contributed by atoms with Crippen LogP contribution in [0.4, 0.5) is 0 Å². The van der Waals surface area contributed by atoms with Crippen molar-refractivity contribution in [3.8, 4) is 0 Å². The lowest BCUT2D eigenvalue weighted by Gasteiger charge is -2.31. The molecule has 1 N–H and O–H groups in total. The summed E-state index contributed by atoms with van der Waals surface area (Å²) in [5, 5.41) is 9.97. The normalized spacial score (nSPS) is 20.4. The summed E-state index contributed by atoms with van der Waals surface area (Å²) >= 11 is 0. The van der Waals surface area contributed by atoms with Gasteiger partial charge in [-0.25, -0.2) is 0 Å². The van der Waals surface area contributed by atoms with E-state index in [0.717, 1.165) is 11.0 Å². The van der Waals surface area contributed by atoms with Gasteiger partial charge >= 0.3 is 0 Å². The summed E-state index contributed by atoms with van der Waals surface area (Å²) in [6.45, 7) is 2.14. The van der Waals surface area contributed by atoms with E-state index in [1.54, 1.807) is 0 Å². The van der Waals surface area contributed by atoms with Crippen molar-refractivity contribution in [1.29, 1.82) is 0 Å². The average molecular weight is 275 g/mol. The Kier molecular flexibility index (Phi) is 3.82. The van der Waals surface area contributed by atoms with Crippen molar-refractivity contribution in [3.05, 3.63) is 36.1 Å². The van der Waals surface area contributed by atoms with E-state index in [1.165, 1.54) is 6.26 Å². The van der Waals surface area contributed by atoms with Gasteiger partial charge in [-0.2, -0.15) is 0 Å². The smallest absolute Gasteiger partial charge is 0.180 e. The monoisotopic (exact) mass is 275 g/mol. The van der Waals surface area contributed by atoms with Gasteiger partial charge in [0.15, 0.2) is 5.78 Å². The lowest BCUT2D eigenvalue weighted by molar-refractivity contribution is -0.0503. The molecule has 1 atom stereocenters. The Balaban J connectivity index is 1.73. The molecule has 106 valence electrons. The Labute approximate surface area is 116 Å². The van der Waals surface area contributed by atoms with E-state index in [2.05, 4.69) is 0 Å². The van der Waals surface area contributed by atoms with Crippen LogP contribution >= 0.6 is 0 Å². The van der Waals surface area contributed by atoms with Crippen LogP contribution in [0.5, 0.6) is 0 Å². The average Bonchev–Trinajstić information content (AvgIpc) is 2.91. The molecular formula is C15H17NO4. The summed E-state index contributed by atoms with van der Waals surface area (Å²) < 4.78 is 10.8. The molecule has 1 fully saturated rings. The molecule has 1 aromatic carbocycles. The fourth-order valence-electron chi connectivity index (χ4n) is 2.52. The van der Waals surface area contributed by atoms with Crippen LogP contribution in [0.2, 0.25) is 0 Å². The second-order valence-corrected chi connectivity index (χ2v) is 4.98. The number of ether oxygens (including phenoxy) is 1. The van der Waals surface area contributed by atoms with E-state index in [1.807, 2.05) is 29.2 Å². The van der Waals surface area contributed by atoms with Gasteiger partial charge in [0.2, 0.25) is 0 Å². The van der Waals surface area contributed by atoms with Crippen LogP contribution in [0, 0.1) is 0 Å². The number of Topliss-reactive ketones (excluding diaryl/α,β-unsaturated/α-hetero) is 1. The number of carbonyl (C=O) groups is 1. The van der Waals surface area contributed by atoms with Gasteiger partial charge in [0, 0.05) is 18.5 Å². The highest BCUT2D eigenvalue weighted by Gasteiger charge is 2.23. The molecule has 1 saturated heterocycles. The predicted molar refractivity (Wildman–Crippen MR) is 73.8 cm³/mol. The standard InChI is InChI=1S/C15H17NO4/c17-9-11-7-16(5-6-19-11)8-14(18)13-10-20-15-4-2-1-3-12(13)15/h1-4,10-11,17H,5-9H2. The van der Waals surface area contributed by atoms with Crippen molar-refractivity contribution in [2.45, 2.75) is 6.10 Å². The minimum absolute atomic E-state index is 0.0146. The summed E-state index contributed by atoms with van der Waals surface area (Å²) in [4.78, 5) is 14.4. The van der Waals surface area contributed by atoms with Gasteiger partial charge < -0.3 is 14.3 Å². The number of carbonyl (C=O) groups excluding carboxylic acids is 1. The van der Waals surface area contributed by atoms with E-state index in [4.69, 9.17) is 14.3 Å². The van der Waals surface area contributed by atoms with Crippen molar-refractivity contribution in [2.75, 3.05) is 32.8 Å². The third-order valence-electron chi connectivity index (χ3n) is 3.58. The molecule has 1 aliphatic rings. The fraction of sp³-hybridized carbons (Fsp3) is 0.400. The van der Waals surface area contributed by atoms with Crippen LogP contribution in [0.1, 0.15) is 10.4 Å². The number of morpholine rings is 1. The number of hydrogen-bond acceptors (Lipinski definition) is 5. The molecule has 20 heavy (non-hydrogen) atoms. The lowest BCUT2D eigenvalue weighted by atomic mass is 10.1. The zero-order chi connectivity index (χ0) is 13.9. The Bertz CT molecular complexity index is 607. The molecular weight excluding hydrogens is 258 g/mol. The number of benzene rings is 1. The fourth-order valence-corrected chi connectivity index (χ4v) is 2.52. The maximum atomic E-state index is 12.4. The Morgan fingerprint density at radius 1 is 1.40 bits per heavy atom. The Morgan fingerprint density at radius 3 is 3.10 bits per heavy atom. The van der Waals surface area contributed by atoms with E-state index >= 15 is 0 Å². The summed E-state index contributed by atoms with van der Waals surface area (Å²) in [7, 11) is 0. The molecule has 0 amide bonds. The number of nitrogens with zero attached hydrogens (tertiary/aromatic N) is 1. The van der Waals surface area contributed by atoms with Crippen LogP contribution < -0.4 is 0 Å². The second kappa shape index (κ2) is 5.75. The lowest BCUT2D eigenvalue weighted by Crippen LogP contribution is -2.45. The highest BCUT2D eigenvalue weighted by atomic mass is 16.5. The summed E-state index contributed by atoms with van der Waals surface area (Å²) in [5.74, 6) is 0.0357.